The maximum Gasteiger partial charge on any atom is 0.339 e. The largest absolute Gasteiger partial charge is 0.465 e. The zero-order chi connectivity index (χ0) is 13.7. The van der Waals surface area contributed by atoms with Crippen molar-refractivity contribution < 1.29 is 18.7 Å². The zero-order valence-electron chi connectivity index (χ0n) is 10.2. The van der Waals surface area contributed by atoms with Crippen molar-refractivity contribution >= 4 is 17.6 Å². The lowest BCUT2D eigenvalue weighted by Crippen LogP contribution is -2.27. The maximum absolute atomic E-state index is 13.1. The van der Waals surface area contributed by atoms with E-state index in [-0.39, 0.29) is 23.7 Å². The maximum atomic E-state index is 13.1. The lowest BCUT2D eigenvalue weighted by Gasteiger charge is -2.12. The van der Waals surface area contributed by atoms with Gasteiger partial charge in [-0.25, -0.2) is 9.18 Å². The van der Waals surface area contributed by atoms with Crippen LogP contribution in [-0.4, -0.2) is 25.5 Å². The van der Waals surface area contributed by atoms with Gasteiger partial charge in [0.05, 0.1) is 18.4 Å². The lowest BCUT2D eigenvalue weighted by atomic mass is 10.1. The molecule has 0 saturated carbocycles. The Hall–Kier alpha value is -1.95. The Morgan fingerprint density at radius 3 is 2.72 bits per heavy atom. The van der Waals surface area contributed by atoms with Gasteiger partial charge in [-0.1, -0.05) is 6.92 Å². The Kier molecular flexibility index (Phi) is 4.79. The van der Waals surface area contributed by atoms with Gasteiger partial charge < -0.3 is 15.8 Å². The van der Waals surface area contributed by atoms with Crippen molar-refractivity contribution in [2.45, 2.75) is 6.92 Å². The van der Waals surface area contributed by atoms with Gasteiger partial charge in [-0.05, 0) is 18.2 Å². The van der Waals surface area contributed by atoms with Crippen LogP contribution < -0.4 is 11.1 Å². The van der Waals surface area contributed by atoms with Crippen molar-refractivity contribution in [3.63, 3.8) is 0 Å². The molecule has 0 heterocycles. The van der Waals surface area contributed by atoms with Crippen LogP contribution in [0.2, 0.25) is 0 Å². The molecule has 1 rings (SSSR count). The van der Waals surface area contributed by atoms with Crippen LogP contribution in [0.1, 0.15) is 17.3 Å². The molecule has 98 valence electrons. The quantitative estimate of drug-likeness (QED) is 0.789. The number of nitrogens with two attached hydrogens (primary N) is 1. The molecule has 1 aromatic carbocycles. The number of esters is 1. The first kappa shape index (κ1) is 14.1. The zero-order valence-corrected chi connectivity index (χ0v) is 10.2. The number of halogens is 1. The molecule has 0 saturated heterocycles. The molecule has 0 aliphatic carbocycles. The van der Waals surface area contributed by atoms with Crippen molar-refractivity contribution in [1.29, 1.82) is 0 Å². The Bertz CT molecular complexity index is 463. The van der Waals surface area contributed by atoms with Crippen LogP contribution in [0, 0.1) is 11.7 Å². The number of carbonyl (C=O) groups excluding carboxylic acids is 2. The molecule has 0 bridgehead atoms. The molecule has 1 amide bonds. The second-order valence-corrected chi connectivity index (χ2v) is 3.81. The molecule has 1 atom stereocenters. The normalized spacial score (nSPS) is 11.8. The second kappa shape index (κ2) is 6.11. The third kappa shape index (κ3) is 3.27. The van der Waals surface area contributed by atoms with Crippen LogP contribution in [0.25, 0.3) is 0 Å². The summed E-state index contributed by atoms with van der Waals surface area (Å²) in [6.07, 6.45) is 0. The van der Waals surface area contributed by atoms with E-state index in [4.69, 9.17) is 5.73 Å². The van der Waals surface area contributed by atoms with Crippen molar-refractivity contribution in [2.24, 2.45) is 11.7 Å². The Labute approximate surface area is 104 Å². The topological polar surface area (TPSA) is 81.4 Å². The summed E-state index contributed by atoms with van der Waals surface area (Å²) in [4.78, 5) is 23.1. The average molecular weight is 254 g/mol. The summed E-state index contributed by atoms with van der Waals surface area (Å²) in [7, 11) is 1.21. The minimum Gasteiger partial charge on any atom is -0.465 e. The number of methoxy groups -OCH3 is 1. The van der Waals surface area contributed by atoms with E-state index in [0.29, 0.717) is 0 Å². The smallest absolute Gasteiger partial charge is 0.339 e. The van der Waals surface area contributed by atoms with E-state index < -0.39 is 17.7 Å². The molecular formula is C12H15FN2O3. The number of rotatable bonds is 4. The number of anilines is 1. The molecule has 0 spiro atoms. The van der Waals surface area contributed by atoms with Gasteiger partial charge in [0.15, 0.2) is 0 Å². The molecule has 0 aliphatic rings. The highest BCUT2D eigenvalue weighted by atomic mass is 19.1. The summed E-state index contributed by atoms with van der Waals surface area (Å²) in [6.45, 7) is 1.79. The van der Waals surface area contributed by atoms with Crippen LogP contribution >= 0.6 is 0 Å². The monoisotopic (exact) mass is 254 g/mol. The van der Waals surface area contributed by atoms with Gasteiger partial charge in [0.2, 0.25) is 5.91 Å². The van der Waals surface area contributed by atoms with Crippen LogP contribution in [-0.2, 0) is 9.53 Å². The number of nitrogens with one attached hydrogen (secondary N) is 1. The number of hydrogen-bond acceptors (Lipinski definition) is 4. The summed E-state index contributed by atoms with van der Waals surface area (Å²) in [5.74, 6) is -2.02. The predicted octanol–water partition coefficient (Wildman–Crippen LogP) is 1.15. The van der Waals surface area contributed by atoms with E-state index in [0.717, 1.165) is 12.1 Å². The summed E-state index contributed by atoms with van der Waals surface area (Å²) >= 11 is 0. The fourth-order valence-electron chi connectivity index (χ4n) is 1.27. The highest BCUT2D eigenvalue weighted by Gasteiger charge is 2.17. The lowest BCUT2D eigenvalue weighted by molar-refractivity contribution is -0.119. The van der Waals surface area contributed by atoms with E-state index in [1.165, 1.54) is 13.2 Å². The number of benzene rings is 1. The molecule has 1 unspecified atom stereocenters. The number of ether oxygens (including phenoxy) is 1. The highest BCUT2D eigenvalue weighted by Crippen LogP contribution is 2.19. The van der Waals surface area contributed by atoms with E-state index in [2.05, 4.69) is 10.1 Å². The Balaban J connectivity index is 3.03. The summed E-state index contributed by atoms with van der Waals surface area (Å²) < 4.78 is 17.7. The minimum absolute atomic E-state index is 0.0761. The molecule has 3 N–H and O–H groups in total. The predicted molar refractivity (Wildman–Crippen MR) is 64.6 cm³/mol. The van der Waals surface area contributed by atoms with Crippen LogP contribution in [0.4, 0.5) is 10.1 Å². The number of hydrogen-bond donors (Lipinski definition) is 2. The molecule has 0 radical (unpaired) electrons. The average Bonchev–Trinajstić information content (AvgIpc) is 2.37. The molecule has 5 nitrogen and oxygen atoms in total. The van der Waals surface area contributed by atoms with Gasteiger partial charge in [0, 0.05) is 12.5 Å². The van der Waals surface area contributed by atoms with Crippen LogP contribution in [0.5, 0.6) is 0 Å². The van der Waals surface area contributed by atoms with E-state index in [1.54, 1.807) is 6.92 Å². The van der Waals surface area contributed by atoms with Gasteiger partial charge in [0.25, 0.3) is 0 Å². The molecule has 1 aromatic rings. The SMILES string of the molecule is COC(=O)c1ccc(F)cc1NC(=O)C(C)CN. The van der Waals surface area contributed by atoms with Gasteiger partial charge >= 0.3 is 5.97 Å². The van der Waals surface area contributed by atoms with Gasteiger partial charge in [-0.15, -0.1) is 0 Å². The summed E-state index contributed by atoms with van der Waals surface area (Å²) in [6, 6.07) is 3.44. The van der Waals surface area contributed by atoms with E-state index in [1.807, 2.05) is 0 Å². The molecule has 6 heteroatoms. The number of amides is 1. The Morgan fingerprint density at radius 2 is 2.17 bits per heavy atom. The second-order valence-electron chi connectivity index (χ2n) is 3.81. The van der Waals surface area contributed by atoms with Crippen molar-refractivity contribution in [2.75, 3.05) is 19.0 Å². The molecule has 0 aliphatic heterocycles. The standard InChI is InChI=1S/C12H15FN2O3/c1-7(6-14)11(16)15-10-5-8(13)3-4-9(10)12(17)18-2/h3-5,7H,6,14H2,1-2H3,(H,15,16). The summed E-state index contributed by atoms with van der Waals surface area (Å²) in [5.41, 5.74) is 5.52. The van der Waals surface area contributed by atoms with E-state index in [9.17, 15) is 14.0 Å². The molecule has 0 fully saturated rings. The van der Waals surface area contributed by atoms with Crippen LogP contribution in [0.15, 0.2) is 18.2 Å². The van der Waals surface area contributed by atoms with E-state index >= 15 is 0 Å². The minimum atomic E-state index is -0.647. The van der Waals surface area contributed by atoms with Crippen molar-refractivity contribution in [3.05, 3.63) is 29.6 Å². The molecule has 18 heavy (non-hydrogen) atoms. The third-order valence-electron chi connectivity index (χ3n) is 2.45. The highest BCUT2D eigenvalue weighted by molar-refractivity contribution is 6.01. The fraction of sp³-hybridized carbons (Fsp3) is 0.333. The number of carbonyl (C=O) groups is 2. The van der Waals surface area contributed by atoms with Crippen molar-refractivity contribution in [1.82, 2.24) is 0 Å². The first-order chi connectivity index (χ1) is 8.49. The van der Waals surface area contributed by atoms with Crippen molar-refractivity contribution in [3.8, 4) is 0 Å². The summed E-state index contributed by atoms with van der Waals surface area (Å²) in [5, 5.41) is 2.46. The first-order valence-corrected chi connectivity index (χ1v) is 5.38. The van der Waals surface area contributed by atoms with Gasteiger partial charge in [0.1, 0.15) is 5.82 Å². The van der Waals surface area contributed by atoms with Gasteiger partial charge in [-0.3, -0.25) is 4.79 Å². The molecule has 0 aromatic heterocycles. The first-order valence-electron chi connectivity index (χ1n) is 5.38. The van der Waals surface area contributed by atoms with Crippen LogP contribution in [0.3, 0.4) is 0 Å². The van der Waals surface area contributed by atoms with Gasteiger partial charge in [-0.2, -0.15) is 0 Å². The fourth-order valence-corrected chi connectivity index (χ4v) is 1.27. The Morgan fingerprint density at radius 1 is 1.50 bits per heavy atom. The molecular weight excluding hydrogens is 239 g/mol. The third-order valence-corrected chi connectivity index (χ3v) is 2.45.